The van der Waals surface area contributed by atoms with Crippen LogP contribution in [0, 0.1) is 5.92 Å². The highest BCUT2D eigenvalue weighted by atomic mass is 28.3. The van der Waals surface area contributed by atoms with E-state index in [0.717, 1.165) is 57.2 Å². The molecule has 5 aromatic carbocycles. The molecule has 1 spiro atoms. The monoisotopic (exact) mass is 791 g/mol. The number of fused-ring (bicyclic) bond motifs is 4. The van der Waals surface area contributed by atoms with Gasteiger partial charge in [-0.3, -0.25) is 24.2 Å². The third-order valence-electron chi connectivity index (χ3n) is 13.2. The van der Waals surface area contributed by atoms with Gasteiger partial charge in [0.25, 0.3) is 5.91 Å². The summed E-state index contributed by atoms with van der Waals surface area (Å²) in [6, 6.07) is 38.1. The SMILES string of the molecule is COc1ccc([Si](C)(C)[C@H]2[C@H](CCO)O[C@@]3(C(=O)N(Cc4ccc(N5C(=O)CCc6ccccc65)cc4)c4ccc(N5C(=O)CCc6ccccc65)cc43)[C@@H]2C)cc1. The maximum atomic E-state index is 15.5. The highest BCUT2D eigenvalue weighted by molar-refractivity contribution is 6.91. The molecule has 0 aliphatic carbocycles. The van der Waals surface area contributed by atoms with E-state index in [9.17, 15) is 14.7 Å². The first-order chi connectivity index (χ1) is 28.1. The topological polar surface area (TPSA) is 99.6 Å². The lowest BCUT2D eigenvalue weighted by molar-refractivity contribution is -0.146. The predicted octanol–water partition coefficient (Wildman–Crippen LogP) is 8.06. The van der Waals surface area contributed by atoms with Gasteiger partial charge in [0, 0.05) is 42.3 Å². The number of para-hydroxylation sites is 2. The first-order valence-corrected chi connectivity index (χ1v) is 23.4. The molecule has 4 aliphatic rings. The lowest BCUT2D eigenvalue weighted by atomic mass is 9.82. The fourth-order valence-corrected chi connectivity index (χ4v) is 14.4. The number of aryl methyl sites for hydroxylation is 2. The first-order valence-electron chi connectivity index (χ1n) is 20.4. The molecular formula is C48H49N3O6Si. The van der Waals surface area contributed by atoms with Crippen LogP contribution in [0.3, 0.4) is 0 Å². The second-order valence-corrected chi connectivity index (χ2v) is 21.3. The van der Waals surface area contributed by atoms with Crippen molar-refractivity contribution < 1.29 is 29.0 Å². The van der Waals surface area contributed by atoms with Gasteiger partial charge < -0.3 is 19.5 Å². The van der Waals surface area contributed by atoms with Crippen molar-refractivity contribution in [2.45, 2.75) is 75.9 Å². The number of amides is 3. The molecule has 5 aromatic rings. The summed E-state index contributed by atoms with van der Waals surface area (Å²) in [6.45, 7) is 7.01. The summed E-state index contributed by atoms with van der Waals surface area (Å²) in [5.74, 6) is 0.434. The fourth-order valence-electron chi connectivity index (χ4n) is 10.4. The Morgan fingerprint density at radius 3 is 1.93 bits per heavy atom. The molecule has 0 aromatic heterocycles. The lowest BCUT2D eigenvalue weighted by Crippen LogP contribution is -2.51. The second-order valence-electron chi connectivity index (χ2n) is 16.6. The average molecular weight is 792 g/mol. The van der Waals surface area contributed by atoms with E-state index in [-0.39, 0.29) is 48.4 Å². The summed E-state index contributed by atoms with van der Waals surface area (Å²) >= 11 is 0. The van der Waals surface area contributed by atoms with Crippen LogP contribution in [-0.2, 0) is 44.1 Å². The number of ether oxygens (including phenoxy) is 2. The van der Waals surface area contributed by atoms with E-state index < -0.39 is 13.7 Å². The van der Waals surface area contributed by atoms with Crippen molar-refractivity contribution in [2.75, 3.05) is 28.4 Å². The summed E-state index contributed by atoms with van der Waals surface area (Å²) in [6.07, 6.45) is 2.26. The Balaban J connectivity index is 1.13. The van der Waals surface area contributed by atoms with Crippen LogP contribution in [-0.4, -0.2) is 50.7 Å². The number of methoxy groups -OCH3 is 1. The maximum Gasteiger partial charge on any atom is 0.264 e. The molecule has 4 heterocycles. The van der Waals surface area contributed by atoms with Crippen molar-refractivity contribution >= 4 is 59.4 Å². The molecule has 0 bridgehead atoms. The van der Waals surface area contributed by atoms with E-state index in [1.54, 1.807) is 16.9 Å². The van der Waals surface area contributed by atoms with Crippen LogP contribution in [0.25, 0.3) is 0 Å². The molecule has 0 unspecified atom stereocenters. The van der Waals surface area contributed by atoms with Crippen LogP contribution in [0.1, 0.15) is 48.4 Å². The van der Waals surface area contributed by atoms with Gasteiger partial charge in [0.05, 0.1) is 44.9 Å². The Labute approximate surface area is 340 Å². The molecule has 9 nitrogen and oxygen atoms in total. The van der Waals surface area contributed by atoms with Crippen molar-refractivity contribution in [2.24, 2.45) is 5.92 Å². The lowest BCUT2D eigenvalue weighted by Gasteiger charge is -2.37. The van der Waals surface area contributed by atoms with E-state index in [2.05, 4.69) is 44.3 Å². The summed E-state index contributed by atoms with van der Waals surface area (Å²) in [7, 11) is -0.743. The Morgan fingerprint density at radius 1 is 0.741 bits per heavy atom. The molecule has 4 aliphatic heterocycles. The van der Waals surface area contributed by atoms with Gasteiger partial charge in [0.15, 0.2) is 5.60 Å². The summed E-state index contributed by atoms with van der Waals surface area (Å²) < 4.78 is 12.7. The van der Waals surface area contributed by atoms with Gasteiger partial charge in [-0.25, -0.2) is 0 Å². The standard InChI is InChI=1S/C48H49N3O6Si/c1-31-46(58(3,4)38-22-20-37(56-2)21-23-38)43(27-28-52)57-48(31)39-29-36(51-41-12-8-6-10-34(41)16-26-45(51)54)19-24-42(39)49(47(48)55)30-32-13-17-35(18-14-32)50-40-11-7-5-9-33(40)15-25-44(50)53/h5-14,17-24,29,31,43,46,52H,15-16,25-28,30H2,1-4H3/t31-,43+,46-,48+/m1/s1. The van der Waals surface area contributed by atoms with Gasteiger partial charge in [-0.2, -0.15) is 0 Å². The number of carbonyl (C=O) groups excluding carboxylic acids is 3. The summed E-state index contributed by atoms with van der Waals surface area (Å²) in [5.41, 5.74) is 6.51. The molecule has 0 saturated carbocycles. The van der Waals surface area contributed by atoms with E-state index in [4.69, 9.17) is 9.47 Å². The van der Waals surface area contributed by atoms with E-state index >= 15 is 4.79 Å². The molecule has 1 N–H and O–H groups in total. The van der Waals surface area contributed by atoms with Crippen molar-refractivity contribution in [3.8, 4) is 5.75 Å². The Kier molecular flexibility index (Phi) is 9.61. The number of aliphatic hydroxyl groups excluding tert-OH is 1. The molecule has 9 rings (SSSR count). The molecule has 10 heteroatoms. The number of benzene rings is 5. The molecule has 4 atom stereocenters. The van der Waals surface area contributed by atoms with Gasteiger partial charge in [-0.15, -0.1) is 0 Å². The van der Waals surface area contributed by atoms with Gasteiger partial charge in [-0.05, 0) is 96.1 Å². The van der Waals surface area contributed by atoms with Gasteiger partial charge in [0.1, 0.15) is 5.75 Å². The van der Waals surface area contributed by atoms with Gasteiger partial charge >= 0.3 is 0 Å². The number of aliphatic hydroxyl groups is 1. The Morgan fingerprint density at radius 2 is 1.33 bits per heavy atom. The van der Waals surface area contributed by atoms with Crippen LogP contribution >= 0.6 is 0 Å². The minimum Gasteiger partial charge on any atom is -0.497 e. The quantitative estimate of drug-likeness (QED) is 0.152. The van der Waals surface area contributed by atoms with Crippen LogP contribution in [0.2, 0.25) is 18.6 Å². The van der Waals surface area contributed by atoms with Crippen molar-refractivity contribution in [1.29, 1.82) is 0 Å². The zero-order valence-corrected chi connectivity index (χ0v) is 34.5. The largest absolute Gasteiger partial charge is 0.497 e. The van der Waals surface area contributed by atoms with Gasteiger partial charge in [-0.1, -0.05) is 85.9 Å². The van der Waals surface area contributed by atoms with Crippen molar-refractivity contribution in [3.63, 3.8) is 0 Å². The van der Waals surface area contributed by atoms with Gasteiger partial charge in [0.2, 0.25) is 11.8 Å². The first kappa shape index (κ1) is 38.0. The van der Waals surface area contributed by atoms with Crippen LogP contribution in [0.5, 0.6) is 5.75 Å². The zero-order valence-electron chi connectivity index (χ0n) is 33.5. The molecule has 296 valence electrons. The fraction of sp³-hybridized carbons (Fsp3) is 0.312. The number of anilines is 5. The van der Waals surface area contributed by atoms with Crippen LogP contribution in [0.15, 0.2) is 115 Å². The normalized spacial score (nSPS) is 22.7. The van der Waals surface area contributed by atoms with Crippen molar-refractivity contribution in [1.82, 2.24) is 0 Å². The number of rotatable bonds is 9. The molecule has 1 fully saturated rings. The highest BCUT2D eigenvalue weighted by Crippen LogP contribution is 2.61. The molecular weight excluding hydrogens is 743 g/mol. The third-order valence-corrected chi connectivity index (χ3v) is 17.6. The van der Waals surface area contributed by atoms with E-state index in [1.165, 1.54) is 5.19 Å². The minimum absolute atomic E-state index is 0.00764. The number of hydrogen-bond acceptors (Lipinski definition) is 6. The van der Waals surface area contributed by atoms with Crippen molar-refractivity contribution in [3.05, 3.63) is 138 Å². The number of nitrogens with zero attached hydrogens (tertiary/aromatic N) is 3. The Hall–Kier alpha value is -5.55. The Bertz CT molecular complexity index is 2420. The molecule has 1 saturated heterocycles. The summed E-state index contributed by atoms with van der Waals surface area (Å²) in [4.78, 5) is 47.8. The third kappa shape index (κ3) is 5.99. The number of hydrogen-bond donors (Lipinski definition) is 1. The van der Waals surface area contributed by atoms with Crippen LogP contribution in [0.4, 0.5) is 28.4 Å². The average Bonchev–Trinajstić information content (AvgIpc) is 3.67. The summed E-state index contributed by atoms with van der Waals surface area (Å²) in [5, 5.41) is 11.7. The smallest absolute Gasteiger partial charge is 0.264 e. The molecule has 3 amide bonds. The predicted molar refractivity (Wildman–Crippen MR) is 229 cm³/mol. The highest BCUT2D eigenvalue weighted by Gasteiger charge is 2.66. The molecule has 58 heavy (non-hydrogen) atoms. The zero-order chi connectivity index (χ0) is 40.3. The maximum absolute atomic E-state index is 15.5. The minimum atomic E-state index is -2.40. The number of carbonyl (C=O) groups is 3. The molecule has 0 radical (unpaired) electrons. The van der Waals surface area contributed by atoms with Crippen LogP contribution < -0.4 is 24.6 Å². The van der Waals surface area contributed by atoms with E-state index in [1.807, 2.05) is 95.9 Å². The second kappa shape index (κ2) is 14.7. The van der Waals surface area contributed by atoms with E-state index in [0.29, 0.717) is 31.4 Å².